The summed E-state index contributed by atoms with van der Waals surface area (Å²) in [6.45, 7) is 20.2. The van der Waals surface area contributed by atoms with Gasteiger partial charge in [-0.3, -0.25) is 0 Å². The van der Waals surface area contributed by atoms with Crippen molar-refractivity contribution in [3.63, 3.8) is 0 Å². The van der Waals surface area contributed by atoms with E-state index in [9.17, 15) is 0 Å². The Morgan fingerprint density at radius 3 is 0.323 bits per heavy atom. The SMILES string of the molecule is C.C.CC.CC.CC.CC.CCC.c1ccccc1.c1ccccc1.c1ccccc1. The van der Waals surface area contributed by atoms with Crippen molar-refractivity contribution in [2.24, 2.45) is 0 Å². The summed E-state index contributed by atoms with van der Waals surface area (Å²) in [7, 11) is 0. The molecule has 0 aromatic heterocycles. The predicted molar refractivity (Wildman–Crippen MR) is 154 cm³/mol. The van der Waals surface area contributed by atoms with Crippen molar-refractivity contribution in [2.45, 2.75) is 90.5 Å². The van der Waals surface area contributed by atoms with E-state index in [2.05, 4.69) is 13.8 Å². The van der Waals surface area contributed by atoms with Crippen molar-refractivity contribution in [3.05, 3.63) is 109 Å². The Bertz CT molecular complexity index is 305. The zero-order valence-corrected chi connectivity index (χ0v) is 21.1. The van der Waals surface area contributed by atoms with Gasteiger partial charge in [-0.25, -0.2) is 0 Å². The minimum Gasteiger partial charge on any atom is -0.0776 e. The normalized spacial score (nSPS) is 6.00. The largest absolute Gasteiger partial charge is 0.0776 e. The summed E-state index contributed by atoms with van der Waals surface area (Å²) in [4.78, 5) is 0. The molecule has 0 spiro atoms. The van der Waals surface area contributed by atoms with E-state index in [1.165, 1.54) is 6.42 Å². The van der Waals surface area contributed by atoms with Crippen molar-refractivity contribution in [2.75, 3.05) is 0 Å². The Labute approximate surface area is 199 Å². The third kappa shape index (κ3) is 74.3. The molecular weight excluding hydrogens is 372 g/mol. The minimum absolute atomic E-state index is 0. The molecule has 0 aliphatic rings. The molecule has 0 atom stereocenters. The van der Waals surface area contributed by atoms with Gasteiger partial charge in [0.05, 0.1) is 0 Å². The van der Waals surface area contributed by atoms with Crippen LogP contribution in [0.15, 0.2) is 109 Å². The second kappa shape index (κ2) is 70.8. The van der Waals surface area contributed by atoms with Crippen LogP contribution in [0.2, 0.25) is 0 Å². The van der Waals surface area contributed by atoms with Gasteiger partial charge < -0.3 is 0 Å². The fraction of sp³-hybridized carbons (Fsp3) is 0.419. The summed E-state index contributed by atoms with van der Waals surface area (Å²) >= 11 is 0. The van der Waals surface area contributed by atoms with Crippen LogP contribution in [0.3, 0.4) is 0 Å². The average Bonchev–Trinajstić information content (AvgIpc) is 2.89. The third-order valence-electron chi connectivity index (χ3n) is 2.00. The number of benzene rings is 3. The molecule has 0 heterocycles. The highest BCUT2D eigenvalue weighted by Crippen LogP contribution is 1.81. The summed E-state index contributed by atoms with van der Waals surface area (Å²) in [5.41, 5.74) is 0. The van der Waals surface area contributed by atoms with Crippen molar-refractivity contribution in [3.8, 4) is 0 Å². The molecule has 3 rings (SSSR count). The molecule has 0 N–H and O–H groups in total. The molecule has 0 aliphatic heterocycles. The Hall–Kier alpha value is -2.34. The van der Waals surface area contributed by atoms with Gasteiger partial charge in [-0.05, 0) is 0 Å². The maximum atomic E-state index is 2.12. The van der Waals surface area contributed by atoms with Crippen LogP contribution in [0.4, 0.5) is 0 Å². The lowest BCUT2D eigenvalue weighted by Gasteiger charge is -1.69. The highest BCUT2D eigenvalue weighted by molar-refractivity contribution is 5.00. The monoisotopic (exact) mass is 430 g/mol. The van der Waals surface area contributed by atoms with E-state index in [4.69, 9.17) is 0 Å². The maximum Gasteiger partial charge on any atom is -0.0590 e. The van der Waals surface area contributed by atoms with Crippen LogP contribution >= 0.6 is 0 Å². The zero-order valence-electron chi connectivity index (χ0n) is 21.1. The highest BCUT2D eigenvalue weighted by atomic mass is 13.7. The number of hydrogen-bond donors (Lipinski definition) is 0. The summed E-state index contributed by atoms with van der Waals surface area (Å²) in [6, 6.07) is 36.0. The standard InChI is InChI=1S/3C6H6.C3H8.4C2H6.2CH4/c3*1-2-4-6-5-3-1;1-3-2;4*1-2;;/h3*1-6H;3H2,1-2H3;4*1-2H3;2*1H4. The van der Waals surface area contributed by atoms with Gasteiger partial charge >= 0.3 is 0 Å². The van der Waals surface area contributed by atoms with E-state index in [0.717, 1.165) is 0 Å². The first kappa shape index (κ1) is 46.7. The fourth-order valence-corrected chi connectivity index (χ4v) is 1.15. The van der Waals surface area contributed by atoms with Gasteiger partial charge in [-0.15, -0.1) is 0 Å². The maximum absolute atomic E-state index is 2.12. The van der Waals surface area contributed by atoms with Crippen LogP contribution in [-0.2, 0) is 0 Å². The molecule has 0 aliphatic carbocycles. The lowest BCUT2D eigenvalue weighted by atomic mass is 10.4. The zero-order chi connectivity index (χ0) is 23.4. The quantitative estimate of drug-likeness (QED) is 0.332. The minimum atomic E-state index is 0. The molecule has 0 nitrogen and oxygen atoms in total. The molecule has 0 heteroatoms. The molecule has 0 saturated heterocycles. The molecule has 0 unspecified atom stereocenters. The van der Waals surface area contributed by atoms with Gasteiger partial charge in [-0.2, -0.15) is 0 Å². The van der Waals surface area contributed by atoms with Gasteiger partial charge in [0, 0.05) is 0 Å². The molecule has 3 aromatic carbocycles. The second-order valence-electron chi connectivity index (χ2n) is 4.17. The molecule has 0 fully saturated rings. The topological polar surface area (TPSA) is 0 Å². The van der Waals surface area contributed by atoms with Crippen LogP contribution < -0.4 is 0 Å². The average molecular weight is 431 g/mol. The Kier molecular flexibility index (Phi) is 107. The van der Waals surface area contributed by atoms with E-state index in [0.29, 0.717) is 0 Å². The first-order valence-electron chi connectivity index (χ1n) is 11.4. The molecule has 3 aromatic rings. The molecule has 0 saturated carbocycles. The van der Waals surface area contributed by atoms with E-state index in [-0.39, 0.29) is 14.9 Å². The van der Waals surface area contributed by atoms with E-state index in [1.54, 1.807) is 0 Å². The van der Waals surface area contributed by atoms with E-state index >= 15 is 0 Å². The highest BCUT2D eigenvalue weighted by Gasteiger charge is 1.59. The lowest BCUT2D eigenvalue weighted by Crippen LogP contribution is -1.47. The molecule has 31 heavy (non-hydrogen) atoms. The van der Waals surface area contributed by atoms with Gasteiger partial charge in [0.15, 0.2) is 0 Å². The Balaban J connectivity index is -0.0000000446. The van der Waals surface area contributed by atoms with E-state index < -0.39 is 0 Å². The molecular formula is C31H58. The van der Waals surface area contributed by atoms with Crippen LogP contribution in [0.5, 0.6) is 0 Å². The van der Waals surface area contributed by atoms with Crippen LogP contribution in [0.25, 0.3) is 0 Å². The molecule has 0 bridgehead atoms. The third-order valence-corrected chi connectivity index (χ3v) is 2.00. The first-order chi connectivity index (χ1) is 14.4. The van der Waals surface area contributed by atoms with Crippen molar-refractivity contribution < 1.29 is 0 Å². The number of hydrogen-bond acceptors (Lipinski definition) is 0. The lowest BCUT2D eigenvalue weighted by molar-refractivity contribution is 1.09. The van der Waals surface area contributed by atoms with Crippen LogP contribution in [0.1, 0.15) is 90.5 Å². The second-order valence-corrected chi connectivity index (χ2v) is 4.17. The van der Waals surface area contributed by atoms with E-state index in [1.807, 2.05) is 165 Å². The first-order valence-corrected chi connectivity index (χ1v) is 11.4. The van der Waals surface area contributed by atoms with Gasteiger partial charge in [0.2, 0.25) is 0 Å². The van der Waals surface area contributed by atoms with Gasteiger partial charge in [0.1, 0.15) is 0 Å². The van der Waals surface area contributed by atoms with Crippen LogP contribution in [-0.4, -0.2) is 0 Å². The van der Waals surface area contributed by atoms with Crippen molar-refractivity contribution >= 4 is 0 Å². The van der Waals surface area contributed by atoms with Crippen molar-refractivity contribution in [1.82, 2.24) is 0 Å². The van der Waals surface area contributed by atoms with Gasteiger partial charge in [-0.1, -0.05) is 200 Å². The molecule has 182 valence electrons. The summed E-state index contributed by atoms with van der Waals surface area (Å²) < 4.78 is 0. The Morgan fingerprint density at radius 1 is 0.258 bits per heavy atom. The summed E-state index contributed by atoms with van der Waals surface area (Å²) in [6.07, 6.45) is 1.25. The molecule has 0 radical (unpaired) electrons. The summed E-state index contributed by atoms with van der Waals surface area (Å²) in [5, 5.41) is 0. The number of rotatable bonds is 0. The summed E-state index contributed by atoms with van der Waals surface area (Å²) in [5.74, 6) is 0. The van der Waals surface area contributed by atoms with Crippen LogP contribution in [0, 0.1) is 0 Å². The van der Waals surface area contributed by atoms with Gasteiger partial charge in [0.25, 0.3) is 0 Å². The predicted octanol–water partition coefficient (Wildman–Crippen LogP) is 11.9. The fourth-order valence-electron chi connectivity index (χ4n) is 1.15. The Morgan fingerprint density at radius 2 is 0.290 bits per heavy atom. The van der Waals surface area contributed by atoms with Crippen molar-refractivity contribution in [1.29, 1.82) is 0 Å². The smallest absolute Gasteiger partial charge is 0.0590 e. The molecule has 0 amide bonds.